The Kier molecular flexibility index (Phi) is 10.5. The molecule has 1 atom stereocenters. The van der Waals surface area contributed by atoms with E-state index in [4.69, 9.17) is 4.74 Å². The van der Waals surface area contributed by atoms with Gasteiger partial charge in [0.15, 0.2) is 0 Å². The van der Waals surface area contributed by atoms with E-state index >= 15 is 0 Å². The smallest absolute Gasteiger partial charge is 0.264 e. The van der Waals surface area contributed by atoms with E-state index in [-0.39, 0.29) is 23.0 Å². The molecule has 0 saturated carbocycles. The van der Waals surface area contributed by atoms with Gasteiger partial charge in [0, 0.05) is 13.1 Å². The number of para-hydroxylation sites is 2. The van der Waals surface area contributed by atoms with Crippen LogP contribution in [0.1, 0.15) is 31.4 Å². The molecule has 0 spiro atoms. The number of nitrogens with one attached hydrogen (secondary N) is 1. The van der Waals surface area contributed by atoms with Crippen molar-refractivity contribution in [3.8, 4) is 5.75 Å². The fraction of sp³-hybridized carbons (Fsp3) is 0.333. The van der Waals surface area contributed by atoms with Crippen LogP contribution < -0.4 is 14.4 Å². The summed E-state index contributed by atoms with van der Waals surface area (Å²) in [6.45, 7) is 5.70. The first-order valence-corrected chi connectivity index (χ1v) is 14.5. The van der Waals surface area contributed by atoms with Gasteiger partial charge in [0.1, 0.15) is 18.3 Å². The van der Waals surface area contributed by atoms with Crippen LogP contribution in [0.5, 0.6) is 5.75 Å². The zero-order valence-corrected chi connectivity index (χ0v) is 23.8. The number of anilines is 1. The molecule has 0 saturated heterocycles. The van der Waals surface area contributed by atoms with E-state index in [1.54, 1.807) is 36.4 Å². The zero-order chi connectivity index (χ0) is 28.4. The Morgan fingerprint density at radius 1 is 0.923 bits per heavy atom. The van der Waals surface area contributed by atoms with Crippen molar-refractivity contribution in [1.29, 1.82) is 0 Å². The summed E-state index contributed by atoms with van der Waals surface area (Å²) < 4.78 is 34.4. The minimum Gasteiger partial charge on any atom is -0.495 e. The first kappa shape index (κ1) is 29.7. The van der Waals surface area contributed by atoms with Gasteiger partial charge in [0.05, 0.1) is 17.7 Å². The number of carbonyl (C=O) groups is 2. The van der Waals surface area contributed by atoms with Crippen LogP contribution in [0.15, 0.2) is 83.8 Å². The van der Waals surface area contributed by atoms with Crippen molar-refractivity contribution < 1.29 is 22.7 Å². The normalized spacial score (nSPS) is 11.9. The molecule has 0 bridgehead atoms. The minimum atomic E-state index is -4.16. The fourth-order valence-electron chi connectivity index (χ4n) is 4.37. The van der Waals surface area contributed by atoms with Crippen molar-refractivity contribution in [2.45, 2.75) is 44.6 Å². The number of benzene rings is 3. The lowest BCUT2D eigenvalue weighted by molar-refractivity contribution is -0.139. The van der Waals surface area contributed by atoms with Gasteiger partial charge in [0.2, 0.25) is 11.8 Å². The van der Waals surface area contributed by atoms with Crippen LogP contribution in [0, 0.1) is 6.92 Å². The van der Waals surface area contributed by atoms with Gasteiger partial charge >= 0.3 is 0 Å². The number of hydrogen-bond acceptors (Lipinski definition) is 5. The molecule has 2 amide bonds. The number of ether oxygens (including phenoxy) is 1. The Labute approximate surface area is 231 Å². The maximum Gasteiger partial charge on any atom is 0.264 e. The highest BCUT2D eigenvalue weighted by molar-refractivity contribution is 7.92. The number of amides is 2. The summed E-state index contributed by atoms with van der Waals surface area (Å²) in [6, 6.07) is 22.1. The molecule has 0 aliphatic heterocycles. The van der Waals surface area contributed by atoms with Gasteiger partial charge in [-0.1, -0.05) is 67.1 Å². The Bertz CT molecular complexity index is 1340. The molecule has 208 valence electrons. The zero-order valence-electron chi connectivity index (χ0n) is 23.0. The summed E-state index contributed by atoms with van der Waals surface area (Å²) in [6.07, 6.45) is 0.896. The maximum atomic E-state index is 14.0. The molecule has 0 aromatic heterocycles. The number of likely N-dealkylation sites (N-methyl/N-ethyl adjacent to an activating group) is 1. The third-order valence-electron chi connectivity index (χ3n) is 6.46. The molecule has 8 nitrogen and oxygen atoms in total. The Hall–Kier alpha value is -3.85. The molecular weight excluding hydrogens is 514 g/mol. The summed E-state index contributed by atoms with van der Waals surface area (Å²) in [5, 5.41) is 2.81. The summed E-state index contributed by atoms with van der Waals surface area (Å²) >= 11 is 0. The van der Waals surface area contributed by atoms with Crippen molar-refractivity contribution in [2.75, 3.05) is 31.0 Å². The van der Waals surface area contributed by atoms with E-state index in [2.05, 4.69) is 5.32 Å². The lowest BCUT2D eigenvalue weighted by Crippen LogP contribution is -2.53. The fourth-order valence-corrected chi connectivity index (χ4v) is 5.80. The third-order valence-corrected chi connectivity index (χ3v) is 8.24. The molecule has 0 aliphatic carbocycles. The van der Waals surface area contributed by atoms with Crippen LogP contribution in [0.3, 0.4) is 0 Å². The lowest BCUT2D eigenvalue weighted by Gasteiger charge is -2.33. The molecule has 39 heavy (non-hydrogen) atoms. The highest BCUT2D eigenvalue weighted by Crippen LogP contribution is 2.32. The molecule has 3 aromatic carbocycles. The van der Waals surface area contributed by atoms with Crippen LogP contribution in [-0.4, -0.2) is 57.9 Å². The van der Waals surface area contributed by atoms with Crippen molar-refractivity contribution in [1.82, 2.24) is 10.2 Å². The van der Waals surface area contributed by atoms with E-state index in [0.29, 0.717) is 25.1 Å². The Morgan fingerprint density at radius 2 is 1.56 bits per heavy atom. The van der Waals surface area contributed by atoms with Gasteiger partial charge in [-0.25, -0.2) is 8.42 Å². The second kappa shape index (κ2) is 13.8. The standard InChI is InChI=1S/C30H37N3O5S/c1-5-26(30(35)31-6-2)32(21-20-24-12-8-7-9-13-24)29(34)22-33(27-14-10-11-15-28(27)38-4)39(36,37)25-18-16-23(3)17-19-25/h7-19,26H,5-6,20-22H2,1-4H3,(H,31,35)/t26-/m0/s1. The molecule has 3 rings (SSSR count). The van der Waals surface area contributed by atoms with Crippen molar-refractivity contribution in [2.24, 2.45) is 0 Å². The number of aryl methyl sites for hydroxylation is 1. The molecule has 0 heterocycles. The van der Waals surface area contributed by atoms with Crippen LogP contribution in [0.25, 0.3) is 0 Å². The molecule has 0 fully saturated rings. The quantitative estimate of drug-likeness (QED) is 0.344. The van der Waals surface area contributed by atoms with Crippen molar-refractivity contribution in [3.05, 3.63) is 90.0 Å². The molecule has 3 aromatic rings. The van der Waals surface area contributed by atoms with Gasteiger partial charge in [-0.2, -0.15) is 0 Å². The first-order chi connectivity index (χ1) is 18.7. The van der Waals surface area contributed by atoms with Crippen molar-refractivity contribution in [3.63, 3.8) is 0 Å². The highest BCUT2D eigenvalue weighted by atomic mass is 32.2. The monoisotopic (exact) mass is 551 g/mol. The SMILES string of the molecule is CCNC(=O)[C@H](CC)N(CCc1ccccc1)C(=O)CN(c1ccccc1OC)S(=O)(=O)c1ccc(C)cc1. The van der Waals surface area contributed by atoms with E-state index in [1.807, 2.05) is 51.1 Å². The number of methoxy groups -OCH3 is 1. The summed E-state index contributed by atoms with van der Waals surface area (Å²) in [7, 11) is -2.71. The summed E-state index contributed by atoms with van der Waals surface area (Å²) in [5.74, 6) is -0.440. The van der Waals surface area contributed by atoms with E-state index in [0.717, 1.165) is 15.4 Å². The van der Waals surface area contributed by atoms with E-state index in [1.165, 1.54) is 24.1 Å². The van der Waals surface area contributed by atoms with Gasteiger partial charge in [-0.15, -0.1) is 0 Å². The van der Waals surface area contributed by atoms with E-state index < -0.39 is 28.5 Å². The van der Waals surface area contributed by atoms with Gasteiger partial charge in [0.25, 0.3) is 10.0 Å². The topological polar surface area (TPSA) is 96.0 Å². The van der Waals surface area contributed by atoms with Crippen LogP contribution in [0.2, 0.25) is 0 Å². The van der Waals surface area contributed by atoms with E-state index in [9.17, 15) is 18.0 Å². The largest absolute Gasteiger partial charge is 0.495 e. The van der Waals surface area contributed by atoms with Crippen LogP contribution in [0.4, 0.5) is 5.69 Å². The average molecular weight is 552 g/mol. The number of sulfonamides is 1. The number of rotatable bonds is 13. The number of hydrogen-bond donors (Lipinski definition) is 1. The Balaban J connectivity index is 2.04. The van der Waals surface area contributed by atoms with Crippen molar-refractivity contribution >= 4 is 27.5 Å². The second-order valence-electron chi connectivity index (χ2n) is 9.14. The molecular formula is C30H37N3O5S. The predicted molar refractivity (Wildman–Crippen MR) is 153 cm³/mol. The van der Waals surface area contributed by atoms with Gasteiger partial charge in [-0.3, -0.25) is 13.9 Å². The number of carbonyl (C=O) groups excluding carboxylic acids is 2. The minimum absolute atomic E-state index is 0.0541. The molecule has 9 heteroatoms. The highest BCUT2D eigenvalue weighted by Gasteiger charge is 2.34. The average Bonchev–Trinajstić information content (AvgIpc) is 2.94. The van der Waals surface area contributed by atoms with Crippen LogP contribution in [-0.2, 0) is 26.0 Å². The molecule has 0 unspecified atom stereocenters. The Morgan fingerprint density at radius 3 is 2.18 bits per heavy atom. The lowest BCUT2D eigenvalue weighted by atomic mass is 10.1. The van der Waals surface area contributed by atoms with Gasteiger partial charge in [-0.05, 0) is 56.5 Å². The third kappa shape index (κ3) is 7.38. The molecule has 1 N–H and O–H groups in total. The first-order valence-electron chi connectivity index (χ1n) is 13.1. The molecule has 0 radical (unpaired) electrons. The number of nitrogens with zero attached hydrogens (tertiary/aromatic N) is 2. The van der Waals surface area contributed by atoms with Gasteiger partial charge < -0.3 is 15.0 Å². The summed E-state index contributed by atoms with van der Waals surface area (Å²) in [4.78, 5) is 28.5. The second-order valence-corrected chi connectivity index (χ2v) is 11.0. The molecule has 0 aliphatic rings. The van der Waals surface area contributed by atoms with Crippen LogP contribution >= 0.6 is 0 Å². The predicted octanol–water partition coefficient (Wildman–Crippen LogP) is 4.18. The summed E-state index contributed by atoms with van der Waals surface area (Å²) in [5.41, 5.74) is 2.16. The maximum absolute atomic E-state index is 14.0.